The standard InChI is InChI=1S/C14H16ClFN2O/c15-11-4-3-9(6-12(11)16)14(19)18-5-1-2-10-7-17-8-13(10)18/h3-4,6,10,13,17H,1-2,5,7-8H2. The van der Waals surface area contributed by atoms with Crippen molar-refractivity contribution >= 4 is 17.5 Å². The van der Waals surface area contributed by atoms with Gasteiger partial charge in [-0.15, -0.1) is 0 Å². The number of rotatable bonds is 1. The predicted molar refractivity (Wildman–Crippen MR) is 71.8 cm³/mol. The van der Waals surface area contributed by atoms with Gasteiger partial charge in [-0.1, -0.05) is 11.6 Å². The van der Waals surface area contributed by atoms with Crippen molar-refractivity contribution in [3.8, 4) is 0 Å². The molecular formula is C14H16ClFN2O. The lowest BCUT2D eigenvalue weighted by Crippen LogP contribution is -2.48. The third-order valence-corrected chi connectivity index (χ3v) is 4.41. The van der Waals surface area contributed by atoms with Gasteiger partial charge in [0.2, 0.25) is 0 Å². The molecule has 19 heavy (non-hydrogen) atoms. The summed E-state index contributed by atoms with van der Waals surface area (Å²) in [6, 6.07) is 4.52. The zero-order chi connectivity index (χ0) is 13.4. The third kappa shape index (κ3) is 2.35. The van der Waals surface area contributed by atoms with E-state index in [9.17, 15) is 9.18 Å². The fourth-order valence-corrected chi connectivity index (χ4v) is 3.23. The number of nitrogens with one attached hydrogen (secondary N) is 1. The van der Waals surface area contributed by atoms with Crippen molar-refractivity contribution in [2.75, 3.05) is 19.6 Å². The molecule has 2 fully saturated rings. The minimum Gasteiger partial charge on any atom is -0.334 e. The molecule has 102 valence electrons. The number of fused-ring (bicyclic) bond motifs is 1. The van der Waals surface area contributed by atoms with E-state index in [2.05, 4.69) is 5.32 Å². The van der Waals surface area contributed by atoms with E-state index in [4.69, 9.17) is 11.6 Å². The van der Waals surface area contributed by atoms with Crippen molar-refractivity contribution in [2.24, 2.45) is 5.92 Å². The van der Waals surface area contributed by atoms with Crippen molar-refractivity contribution in [1.82, 2.24) is 10.2 Å². The quantitative estimate of drug-likeness (QED) is 0.857. The summed E-state index contributed by atoms with van der Waals surface area (Å²) in [5.41, 5.74) is 0.384. The van der Waals surface area contributed by atoms with E-state index in [0.717, 1.165) is 32.5 Å². The molecule has 0 spiro atoms. The molecule has 2 heterocycles. The van der Waals surface area contributed by atoms with Gasteiger partial charge in [0.25, 0.3) is 5.91 Å². The van der Waals surface area contributed by atoms with Crippen molar-refractivity contribution in [2.45, 2.75) is 18.9 Å². The van der Waals surface area contributed by atoms with E-state index in [0.29, 0.717) is 11.5 Å². The highest BCUT2D eigenvalue weighted by Gasteiger charge is 2.37. The molecule has 1 aromatic carbocycles. The fraction of sp³-hybridized carbons (Fsp3) is 0.500. The van der Waals surface area contributed by atoms with Gasteiger partial charge in [-0.05, 0) is 37.0 Å². The average molecular weight is 283 g/mol. The molecular weight excluding hydrogens is 267 g/mol. The Morgan fingerprint density at radius 1 is 1.42 bits per heavy atom. The van der Waals surface area contributed by atoms with Crippen LogP contribution in [0.2, 0.25) is 5.02 Å². The first-order valence-corrected chi connectivity index (χ1v) is 7.01. The number of likely N-dealkylation sites (tertiary alicyclic amines) is 1. The van der Waals surface area contributed by atoms with Crippen molar-refractivity contribution in [3.63, 3.8) is 0 Å². The molecule has 0 aromatic heterocycles. The highest BCUT2D eigenvalue weighted by molar-refractivity contribution is 6.30. The molecule has 1 N–H and O–H groups in total. The molecule has 1 aromatic rings. The lowest BCUT2D eigenvalue weighted by molar-refractivity contribution is 0.0574. The van der Waals surface area contributed by atoms with Crippen LogP contribution >= 0.6 is 11.6 Å². The molecule has 0 bridgehead atoms. The van der Waals surface area contributed by atoms with Crippen molar-refractivity contribution < 1.29 is 9.18 Å². The molecule has 3 nitrogen and oxygen atoms in total. The molecule has 3 rings (SSSR count). The highest BCUT2D eigenvalue weighted by Crippen LogP contribution is 2.28. The van der Waals surface area contributed by atoms with Crippen LogP contribution in [0.1, 0.15) is 23.2 Å². The second-order valence-electron chi connectivity index (χ2n) is 5.26. The molecule has 0 saturated carbocycles. The molecule has 0 radical (unpaired) electrons. The number of hydrogen-bond acceptors (Lipinski definition) is 2. The fourth-order valence-electron chi connectivity index (χ4n) is 3.12. The molecule has 2 aliphatic heterocycles. The maximum atomic E-state index is 13.5. The molecule has 5 heteroatoms. The number of amides is 1. The lowest BCUT2D eigenvalue weighted by atomic mass is 9.91. The summed E-state index contributed by atoms with van der Waals surface area (Å²) >= 11 is 5.65. The second-order valence-corrected chi connectivity index (χ2v) is 5.66. The minimum absolute atomic E-state index is 0.0515. The van der Waals surface area contributed by atoms with E-state index in [-0.39, 0.29) is 17.0 Å². The summed E-state index contributed by atoms with van der Waals surface area (Å²) < 4.78 is 13.5. The molecule has 2 aliphatic rings. The summed E-state index contributed by atoms with van der Waals surface area (Å²) in [5, 5.41) is 3.38. The number of piperidine rings is 1. The smallest absolute Gasteiger partial charge is 0.254 e. The van der Waals surface area contributed by atoms with Gasteiger partial charge >= 0.3 is 0 Å². The van der Waals surface area contributed by atoms with Gasteiger partial charge in [0.05, 0.1) is 5.02 Å². The van der Waals surface area contributed by atoms with Gasteiger partial charge in [-0.25, -0.2) is 4.39 Å². The van der Waals surface area contributed by atoms with Crippen LogP contribution in [-0.4, -0.2) is 36.5 Å². The van der Waals surface area contributed by atoms with Crippen LogP contribution in [0.3, 0.4) is 0 Å². The van der Waals surface area contributed by atoms with E-state index >= 15 is 0 Å². The van der Waals surface area contributed by atoms with Gasteiger partial charge in [-0.3, -0.25) is 4.79 Å². The Kier molecular flexibility index (Phi) is 3.46. The summed E-state index contributed by atoms with van der Waals surface area (Å²) in [5.74, 6) is -0.0885. The Balaban J connectivity index is 1.84. The zero-order valence-corrected chi connectivity index (χ0v) is 11.3. The van der Waals surface area contributed by atoms with Crippen LogP contribution in [0, 0.1) is 11.7 Å². The van der Waals surface area contributed by atoms with Gasteiger partial charge in [0, 0.05) is 31.2 Å². The average Bonchev–Trinajstić information content (AvgIpc) is 2.89. The van der Waals surface area contributed by atoms with E-state index < -0.39 is 5.82 Å². The Bertz CT molecular complexity index is 508. The Morgan fingerprint density at radius 3 is 3.05 bits per heavy atom. The summed E-state index contributed by atoms with van der Waals surface area (Å²) in [7, 11) is 0. The zero-order valence-electron chi connectivity index (χ0n) is 10.5. The normalized spacial score (nSPS) is 26.3. The number of carbonyl (C=O) groups is 1. The van der Waals surface area contributed by atoms with Crippen LogP contribution in [0.4, 0.5) is 4.39 Å². The van der Waals surface area contributed by atoms with Gasteiger partial charge in [0.1, 0.15) is 5.82 Å². The summed E-state index contributed by atoms with van der Waals surface area (Å²) in [6.07, 6.45) is 2.18. The van der Waals surface area contributed by atoms with Crippen LogP contribution in [0.5, 0.6) is 0 Å². The van der Waals surface area contributed by atoms with E-state index in [1.165, 1.54) is 12.1 Å². The van der Waals surface area contributed by atoms with Gasteiger partial charge < -0.3 is 10.2 Å². The van der Waals surface area contributed by atoms with Crippen molar-refractivity contribution in [3.05, 3.63) is 34.6 Å². The maximum absolute atomic E-state index is 13.5. The molecule has 0 aliphatic carbocycles. The molecule has 2 unspecified atom stereocenters. The highest BCUT2D eigenvalue weighted by atomic mass is 35.5. The van der Waals surface area contributed by atoms with Crippen LogP contribution in [0.25, 0.3) is 0 Å². The van der Waals surface area contributed by atoms with Crippen LogP contribution < -0.4 is 5.32 Å². The minimum atomic E-state index is -0.536. The topological polar surface area (TPSA) is 32.3 Å². The Labute approximate surface area is 116 Å². The maximum Gasteiger partial charge on any atom is 0.254 e. The monoisotopic (exact) mass is 282 g/mol. The SMILES string of the molecule is O=C(c1ccc(Cl)c(F)c1)N1CCCC2CNCC21. The molecule has 1 amide bonds. The van der Waals surface area contributed by atoms with Crippen LogP contribution in [-0.2, 0) is 0 Å². The largest absolute Gasteiger partial charge is 0.334 e. The van der Waals surface area contributed by atoms with Gasteiger partial charge in [0.15, 0.2) is 0 Å². The first-order valence-electron chi connectivity index (χ1n) is 6.63. The van der Waals surface area contributed by atoms with Crippen LogP contribution in [0.15, 0.2) is 18.2 Å². The molecule has 2 atom stereocenters. The molecule has 2 saturated heterocycles. The summed E-state index contributed by atoms with van der Waals surface area (Å²) in [4.78, 5) is 14.4. The first kappa shape index (κ1) is 12.9. The third-order valence-electron chi connectivity index (χ3n) is 4.11. The van der Waals surface area contributed by atoms with Gasteiger partial charge in [-0.2, -0.15) is 0 Å². The van der Waals surface area contributed by atoms with E-state index in [1.54, 1.807) is 6.07 Å². The number of benzene rings is 1. The number of carbonyl (C=O) groups excluding carboxylic acids is 1. The lowest BCUT2D eigenvalue weighted by Gasteiger charge is -2.37. The van der Waals surface area contributed by atoms with Crippen molar-refractivity contribution in [1.29, 1.82) is 0 Å². The Hall–Kier alpha value is -1.13. The number of halogens is 2. The number of nitrogens with zero attached hydrogens (tertiary/aromatic N) is 1. The Morgan fingerprint density at radius 2 is 2.26 bits per heavy atom. The number of hydrogen-bond donors (Lipinski definition) is 1. The predicted octanol–water partition coefficient (Wildman–Crippen LogP) is 2.30. The second kappa shape index (κ2) is 5.10. The van der Waals surface area contributed by atoms with E-state index in [1.807, 2.05) is 4.90 Å². The summed E-state index contributed by atoms with van der Waals surface area (Å²) in [6.45, 7) is 2.57. The first-order chi connectivity index (χ1) is 9.16.